The molecule has 0 radical (unpaired) electrons. The van der Waals surface area contributed by atoms with Gasteiger partial charge in [-0.05, 0) is 54.1 Å². The number of anilines is 1. The molecule has 0 spiro atoms. The van der Waals surface area contributed by atoms with Crippen LogP contribution >= 0.6 is 11.6 Å². The van der Waals surface area contributed by atoms with Crippen molar-refractivity contribution in [3.63, 3.8) is 0 Å². The number of hydrogen-bond donors (Lipinski definition) is 1. The molecule has 140 valence electrons. The van der Waals surface area contributed by atoms with Crippen LogP contribution in [0.3, 0.4) is 0 Å². The number of carbonyl (C=O) groups excluding carboxylic acids is 2. The molecule has 5 nitrogen and oxygen atoms in total. The van der Waals surface area contributed by atoms with E-state index in [-0.39, 0.29) is 11.3 Å². The molecule has 0 fully saturated rings. The first-order valence-electron chi connectivity index (χ1n) is 8.33. The van der Waals surface area contributed by atoms with Gasteiger partial charge in [-0.25, -0.2) is 4.39 Å². The highest BCUT2D eigenvalue weighted by Gasteiger charge is 2.45. The second-order valence-corrected chi connectivity index (χ2v) is 6.61. The van der Waals surface area contributed by atoms with Gasteiger partial charge in [0.2, 0.25) is 5.78 Å². The molecule has 1 N–H and O–H groups in total. The maximum atomic E-state index is 13.4. The predicted molar refractivity (Wildman–Crippen MR) is 101 cm³/mol. The maximum Gasteiger partial charge on any atom is 0.294 e. The summed E-state index contributed by atoms with van der Waals surface area (Å²) in [5, 5.41) is 11.0. The minimum absolute atomic E-state index is 0.0144. The van der Waals surface area contributed by atoms with Gasteiger partial charge in [0.15, 0.2) is 11.5 Å². The van der Waals surface area contributed by atoms with Crippen molar-refractivity contribution in [1.29, 1.82) is 0 Å². The molecule has 0 saturated carbocycles. The number of halogens is 2. The lowest BCUT2D eigenvalue weighted by atomic mass is 9.95. The van der Waals surface area contributed by atoms with Crippen molar-refractivity contribution in [3.8, 4) is 0 Å². The van der Waals surface area contributed by atoms with Crippen LogP contribution in [-0.2, 0) is 4.79 Å². The number of ketones is 1. The van der Waals surface area contributed by atoms with E-state index < -0.39 is 29.3 Å². The van der Waals surface area contributed by atoms with Crippen LogP contribution in [0.2, 0.25) is 5.02 Å². The molecule has 1 unspecified atom stereocenters. The van der Waals surface area contributed by atoms with Gasteiger partial charge in [-0.3, -0.25) is 14.5 Å². The molecule has 0 bridgehead atoms. The third kappa shape index (κ3) is 2.97. The van der Waals surface area contributed by atoms with Crippen LogP contribution in [0.1, 0.15) is 22.2 Å². The van der Waals surface area contributed by atoms with Gasteiger partial charge in [0.05, 0.1) is 17.9 Å². The standard InChI is InChI=1S/C21H13ClFNO4/c22-13-5-9-15(10-6-13)24-18(12-3-7-14(23)8-4-12)17(20(26)21(24)27)19(25)16-2-1-11-28-16/h1-11,18,26H. The second kappa shape index (κ2) is 6.98. The molecule has 28 heavy (non-hydrogen) atoms. The van der Waals surface area contributed by atoms with Crippen LogP contribution < -0.4 is 4.90 Å². The van der Waals surface area contributed by atoms with Crippen molar-refractivity contribution >= 4 is 29.0 Å². The largest absolute Gasteiger partial charge is 0.503 e. The van der Waals surface area contributed by atoms with Crippen LogP contribution in [-0.4, -0.2) is 16.8 Å². The Morgan fingerprint density at radius 3 is 2.36 bits per heavy atom. The normalized spacial score (nSPS) is 16.7. The van der Waals surface area contributed by atoms with Gasteiger partial charge in [-0.1, -0.05) is 23.7 Å². The van der Waals surface area contributed by atoms with E-state index in [0.29, 0.717) is 16.3 Å². The van der Waals surface area contributed by atoms with Crippen LogP contribution in [0.4, 0.5) is 10.1 Å². The highest BCUT2D eigenvalue weighted by Crippen LogP contribution is 2.42. The first kappa shape index (κ1) is 18.0. The van der Waals surface area contributed by atoms with Gasteiger partial charge in [0, 0.05) is 10.7 Å². The smallest absolute Gasteiger partial charge is 0.294 e. The quantitative estimate of drug-likeness (QED) is 0.638. The summed E-state index contributed by atoms with van der Waals surface area (Å²) in [7, 11) is 0. The molecule has 1 aliphatic heterocycles. The van der Waals surface area contributed by atoms with Gasteiger partial charge in [-0.15, -0.1) is 0 Å². The van der Waals surface area contributed by atoms with E-state index in [1.165, 1.54) is 47.6 Å². The van der Waals surface area contributed by atoms with Gasteiger partial charge < -0.3 is 9.52 Å². The molecule has 1 amide bonds. The monoisotopic (exact) mass is 397 g/mol. The summed E-state index contributed by atoms with van der Waals surface area (Å²) in [6, 6.07) is 13.8. The predicted octanol–water partition coefficient (Wildman–Crippen LogP) is 4.86. The Balaban J connectivity index is 1.88. The molecule has 4 rings (SSSR count). The topological polar surface area (TPSA) is 70.8 Å². The number of benzene rings is 2. The summed E-state index contributed by atoms with van der Waals surface area (Å²) in [6.45, 7) is 0. The summed E-state index contributed by atoms with van der Waals surface area (Å²) in [5.41, 5.74) is 0.752. The highest BCUT2D eigenvalue weighted by atomic mass is 35.5. The van der Waals surface area contributed by atoms with Gasteiger partial charge in [0.1, 0.15) is 5.82 Å². The molecule has 1 atom stereocenters. The lowest BCUT2D eigenvalue weighted by Crippen LogP contribution is -2.31. The fourth-order valence-corrected chi connectivity index (χ4v) is 3.33. The molecule has 1 aromatic heterocycles. The Hall–Kier alpha value is -3.38. The van der Waals surface area contributed by atoms with E-state index in [0.717, 1.165) is 0 Å². The Bertz CT molecular complexity index is 1070. The van der Waals surface area contributed by atoms with Crippen LogP contribution in [0.5, 0.6) is 0 Å². The van der Waals surface area contributed by atoms with E-state index in [1.807, 2.05) is 0 Å². The summed E-state index contributed by atoms with van der Waals surface area (Å²) in [6.07, 6.45) is 1.32. The number of hydrogen-bond acceptors (Lipinski definition) is 4. The third-order valence-corrected chi connectivity index (χ3v) is 4.74. The summed E-state index contributed by atoms with van der Waals surface area (Å²) >= 11 is 5.93. The van der Waals surface area contributed by atoms with Crippen molar-refractivity contribution in [2.45, 2.75) is 6.04 Å². The fourth-order valence-electron chi connectivity index (χ4n) is 3.21. The number of aliphatic hydroxyl groups is 1. The Morgan fingerprint density at radius 2 is 1.75 bits per heavy atom. The lowest BCUT2D eigenvalue weighted by Gasteiger charge is -2.26. The lowest BCUT2D eigenvalue weighted by molar-refractivity contribution is -0.117. The molecule has 7 heteroatoms. The third-order valence-electron chi connectivity index (χ3n) is 4.49. The summed E-state index contributed by atoms with van der Waals surface area (Å²) in [5.74, 6) is -2.52. The second-order valence-electron chi connectivity index (χ2n) is 6.17. The Kier molecular flexibility index (Phi) is 4.49. The van der Waals surface area contributed by atoms with Crippen molar-refractivity contribution < 1.29 is 23.5 Å². The Labute approximate surface area is 164 Å². The Morgan fingerprint density at radius 1 is 1.07 bits per heavy atom. The number of nitrogens with zero attached hydrogens (tertiary/aromatic N) is 1. The van der Waals surface area contributed by atoms with Crippen molar-refractivity contribution in [2.24, 2.45) is 0 Å². The number of furan rings is 1. The molecule has 2 aromatic carbocycles. The minimum atomic E-state index is -0.952. The minimum Gasteiger partial charge on any atom is -0.503 e. The summed E-state index contributed by atoms with van der Waals surface area (Å²) < 4.78 is 18.6. The average molecular weight is 398 g/mol. The van der Waals surface area contributed by atoms with Gasteiger partial charge in [0.25, 0.3) is 5.91 Å². The zero-order chi connectivity index (χ0) is 19.8. The summed E-state index contributed by atoms with van der Waals surface area (Å²) in [4.78, 5) is 27.1. The molecule has 0 saturated heterocycles. The van der Waals surface area contributed by atoms with E-state index >= 15 is 0 Å². The molecular weight excluding hydrogens is 385 g/mol. The highest BCUT2D eigenvalue weighted by molar-refractivity contribution is 6.30. The zero-order valence-electron chi connectivity index (χ0n) is 14.3. The SMILES string of the molecule is O=C(C1=C(O)C(=O)N(c2ccc(Cl)cc2)C1c1ccc(F)cc1)c1ccco1. The maximum absolute atomic E-state index is 13.4. The van der Waals surface area contributed by atoms with Crippen molar-refractivity contribution in [3.05, 3.63) is 100 Å². The van der Waals surface area contributed by atoms with Gasteiger partial charge >= 0.3 is 0 Å². The van der Waals surface area contributed by atoms with Crippen LogP contribution in [0.15, 0.2) is 82.7 Å². The van der Waals surface area contributed by atoms with E-state index in [1.54, 1.807) is 24.3 Å². The van der Waals surface area contributed by atoms with Crippen molar-refractivity contribution in [2.75, 3.05) is 4.90 Å². The molecular formula is C21H13ClFNO4. The number of rotatable bonds is 4. The number of amides is 1. The zero-order valence-corrected chi connectivity index (χ0v) is 15.1. The van der Waals surface area contributed by atoms with E-state index in [4.69, 9.17) is 16.0 Å². The van der Waals surface area contributed by atoms with Crippen LogP contribution in [0, 0.1) is 5.82 Å². The molecule has 0 aliphatic carbocycles. The van der Waals surface area contributed by atoms with Crippen molar-refractivity contribution in [1.82, 2.24) is 0 Å². The van der Waals surface area contributed by atoms with E-state index in [9.17, 15) is 19.1 Å². The molecule has 3 aromatic rings. The molecule has 2 heterocycles. The number of aliphatic hydroxyl groups excluding tert-OH is 1. The fraction of sp³-hybridized carbons (Fsp3) is 0.0476. The van der Waals surface area contributed by atoms with Gasteiger partial charge in [-0.2, -0.15) is 0 Å². The molecule has 1 aliphatic rings. The van der Waals surface area contributed by atoms with E-state index in [2.05, 4.69) is 0 Å². The average Bonchev–Trinajstić information content (AvgIpc) is 3.31. The first-order chi connectivity index (χ1) is 13.5. The first-order valence-corrected chi connectivity index (χ1v) is 8.71. The number of Topliss-reactive ketones (excluding diaryl/α,β-unsaturated/α-hetero) is 1. The van der Waals surface area contributed by atoms with Crippen LogP contribution in [0.25, 0.3) is 0 Å². The number of carbonyl (C=O) groups is 2.